The number of esters is 1. The number of anilines is 1. The predicted molar refractivity (Wildman–Crippen MR) is 103 cm³/mol. The van der Waals surface area contributed by atoms with Crippen molar-refractivity contribution >= 4 is 23.8 Å². The third-order valence-corrected chi connectivity index (χ3v) is 3.71. The van der Waals surface area contributed by atoms with Gasteiger partial charge in [0, 0.05) is 6.07 Å². The van der Waals surface area contributed by atoms with E-state index >= 15 is 0 Å². The molecule has 0 fully saturated rings. The molecule has 0 radical (unpaired) electrons. The first-order valence-corrected chi connectivity index (χ1v) is 8.84. The smallest absolute Gasteiger partial charge is 0.344 e. The molecule has 1 aromatic carbocycles. The number of ether oxygens (including phenoxy) is 3. The second kappa shape index (κ2) is 10.1. The lowest BCUT2D eigenvalue weighted by atomic mass is 10.2. The van der Waals surface area contributed by atoms with E-state index in [4.69, 9.17) is 18.7 Å². The third kappa shape index (κ3) is 5.87. The molecule has 28 heavy (non-hydrogen) atoms. The van der Waals surface area contributed by atoms with E-state index in [0.717, 1.165) is 5.56 Å². The van der Waals surface area contributed by atoms with Crippen LogP contribution in [0, 0.1) is 6.92 Å². The maximum Gasteiger partial charge on any atom is 0.344 e. The van der Waals surface area contributed by atoms with Crippen molar-refractivity contribution in [2.45, 2.75) is 33.3 Å². The molecule has 150 valence electrons. The van der Waals surface area contributed by atoms with Crippen molar-refractivity contribution < 1.29 is 28.3 Å². The molecular formula is C20H24N2O6. The van der Waals surface area contributed by atoms with Crippen molar-refractivity contribution in [3.05, 3.63) is 41.7 Å². The topological polar surface area (TPSA) is 99.9 Å². The van der Waals surface area contributed by atoms with Crippen LogP contribution < -0.4 is 14.8 Å². The van der Waals surface area contributed by atoms with E-state index in [9.17, 15) is 9.59 Å². The zero-order valence-corrected chi connectivity index (χ0v) is 16.4. The van der Waals surface area contributed by atoms with Crippen LogP contribution in [-0.2, 0) is 14.3 Å². The van der Waals surface area contributed by atoms with Crippen LogP contribution >= 0.6 is 0 Å². The summed E-state index contributed by atoms with van der Waals surface area (Å²) in [5, 5.41) is 6.22. The fraction of sp³-hybridized carbons (Fsp3) is 0.350. The summed E-state index contributed by atoms with van der Waals surface area (Å²) in [6.07, 6.45) is 3.16. The first-order valence-electron chi connectivity index (χ1n) is 8.84. The number of allylic oxidation sites excluding steroid dienone is 1. The van der Waals surface area contributed by atoms with Crippen molar-refractivity contribution in [3.8, 4) is 11.5 Å². The van der Waals surface area contributed by atoms with E-state index in [2.05, 4.69) is 10.5 Å². The second-order valence-corrected chi connectivity index (χ2v) is 5.90. The highest BCUT2D eigenvalue weighted by Gasteiger charge is 2.22. The van der Waals surface area contributed by atoms with Gasteiger partial charge in [0.1, 0.15) is 5.76 Å². The average molecular weight is 388 g/mol. The molecule has 0 saturated heterocycles. The maximum absolute atomic E-state index is 12.2. The van der Waals surface area contributed by atoms with Crippen LogP contribution in [-0.4, -0.2) is 36.9 Å². The quantitative estimate of drug-likeness (QED) is 0.657. The number of aromatic nitrogens is 1. The minimum absolute atomic E-state index is 0.263. The molecule has 8 heteroatoms. The fourth-order valence-electron chi connectivity index (χ4n) is 2.38. The van der Waals surface area contributed by atoms with Crippen LogP contribution in [0.15, 0.2) is 34.9 Å². The summed E-state index contributed by atoms with van der Waals surface area (Å²) in [4.78, 5) is 24.3. The largest absolute Gasteiger partial charge is 0.493 e. The Bertz CT molecular complexity index is 843. The third-order valence-electron chi connectivity index (χ3n) is 3.71. The van der Waals surface area contributed by atoms with Crippen LogP contribution in [0.2, 0.25) is 0 Å². The summed E-state index contributed by atoms with van der Waals surface area (Å²) in [7, 11) is 1.52. The molecule has 1 N–H and O–H groups in total. The van der Waals surface area contributed by atoms with Crippen molar-refractivity contribution in [1.29, 1.82) is 0 Å². The summed E-state index contributed by atoms with van der Waals surface area (Å²) in [6, 6.07) is 6.91. The van der Waals surface area contributed by atoms with Crippen molar-refractivity contribution in [2.24, 2.45) is 0 Å². The van der Waals surface area contributed by atoms with E-state index in [1.54, 1.807) is 32.0 Å². The molecule has 2 aromatic rings. The number of nitrogens with one attached hydrogen (secondary N) is 1. The number of aryl methyl sites for hydroxylation is 1. The molecule has 8 nitrogen and oxygen atoms in total. The Hall–Kier alpha value is -3.29. The summed E-state index contributed by atoms with van der Waals surface area (Å²) >= 11 is 0. The van der Waals surface area contributed by atoms with Gasteiger partial charge in [-0.3, -0.25) is 4.79 Å². The minimum atomic E-state index is -0.966. The Morgan fingerprint density at radius 1 is 1.29 bits per heavy atom. The van der Waals surface area contributed by atoms with E-state index < -0.39 is 18.0 Å². The first-order chi connectivity index (χ1) is 13.5. The van der Waals surface area contributed by atoms with Crippen molar-refractivity contribution in [2.75, 3.05) is 19.0 Å². The highest BCUT2D eigenvalue weighted by atomic mass is 16.6. The number of rotatable bonds is 9. The van der Waals surface area contributed by atoms with Crippen LogP contribution in [0.5, 0.6) is 11.5 Å². The van der Waals surface area contributed by atoms with Gasteiger partial charge in [0.15, 0.2) is 30.0 Å². The molecule has 0 bridgehead atoms. The fourth-order valence-corrected chi connectivity index (χ4v) is 2.38. The summed E-state index contributed by atoms with van der Waals surface area (Å²) in [5.74, 6) is 0.565. The van der Waals surface area contributed by atoms with E-state index in [-0.39, 0.29) is 12.4 Å². The van der Waals surface area contributed by atoms with Gasteiger partial charge in [-0.1, -0.05) is 30.3 Å². The van der Waals surface area contributed by atoms with Gasteiger partial charge in [-0.05, 0) is 38.0 Å². The zero-order valence-electron chi connectivity index (χ0n) is 16.4. The van der Waals surface area contributed by atoms with Gasteiger partial charge >= 0.3 is 5.97 Å². The molecular weight excluding hydrogens is 364 g/mol. The predicted octanol–water partition coefficient (Wildman–Crippen LogP) is 3.36. The number of nitrogens with zero attached hydrogens (tertiary/aromatic N) is 1. The van der Waals surface area contributed by atoms with Gasteiger partial charge in [0.2, 0.25) is 0 Å². The second-order valence-electron chi connectivity index (χ2n) is 5.90. The molecule has 1 heterocycles. The molecule has 0 aliphatic carbocycles. The Balaban J connectivity index is 1.92. The summed E-state index contributed by atoms with van der Waals surface area (Å²) in [6.45, 7) is 5.00. The number of hydrogen-bond donors (Lipinski definition) is 1. The number of carbonyl (C=O) groups is 2. The highest BCUT2D eigenvalue weighted by molar-refractivity contribution is 5.94. The van der Waals surface area contributed by atoms with Crippen LogP contribution in [0.25, 0.3) is 6.08 Å². The normalized spacial score (nSPS) is 11.9. The molecule has 1 amide bonds. The molecule has 1 atom stereocenters. The lowest BCUT2D eigenvalue weighted by Crippen LogP contribution is -2.33. The van der Waals surface area contributed by atoms with Gasteiger partial charge in [0.25, 0.3) is 5.91 Å². The summed E-state index contributed by atoms with van der Waals surface area (Å²) in [5.41, 5.74) is 0.945. The SMILES string of the molecule is C/C=C/c1ccc(OCC(=O)OC(CC)C(=O)Nc2cc(C)on2)c(OC)c1. The Labute approximate surface area is 163 Å². The Morgan fingerprint density at radius 3 is 2.68 bits per heavy atom. The lowest BCUT2D eigenvalue weighted by molar-refractivity contribution is -0.156. The Morgan fingerprint density at radius 2 is 2.07 bits per heavy atom. The van der Waals surface area contributed by atoms with Gasteiger partial charge in [-0.2, -0.15) is 0 Å². The Kier molecular flexibility index (Phi) is 7.62. The van der Waals surface area contributed by atoms with Gasteiger partial charge in [-0.25, -0.2) is 4.79 Å². The number of benzene rings is 1. The molecule has 0 aliphatic heterocycles. The molecule has 1 unspecified atom stereocenters. The molecule has 1 aromatic heterocycles. The molecule has 0 aliphatic rings. The zero-order chi connectivity index (χ0) is 20.5. The summed E-state index contributed by atoms with van der Waals surface area (Å²) < 4.78 is 20.9. The number of hydrogen-bond acceptors (Lipinski definition) is 7. The molecule has 2 rings (SSSR count). The van der Waals surface area contributed by atoms with Crippen LogP contribution in [0.4, 0.5) is 5.82 Å². The van der Waals surface area contributed by atoms with Crippen molar-refractivity contribution in [3.63, 3.8) is 0 Å². The minimum Gasteiger partial charge on any atom is -0.493 e. The van der Waals surface area contributed by atoms with E-state index in [1.165, 1.54) is 7.11 Å². The average Bonchev–Trinajstić information content (AvgIpc) is 3.09. The molecule has 0 saturated carbocycles. The van der Waals surface area contributed by atoms with Gasteiger partial charge in [-0.15, -0.1) is 0 Å². The lowest BCUT2D eigenvalue weighted by Gasteiger charge is -2.16. The van der Waals surface area contributed by atoms with Crippen LogP contribution in [0.3, 0.4) is 0 Å². The van der Waals surface area contributed by atoms with Gasteiger partial charge < -0.3 is 24.1 Å². The molecule has 0 spiro atoms. The van der Waals surface area contributed by atoms with Gasteiger partial charge in [0.05, 0.1) is 7.11 Å². The number of amides is 1. The van der Waals surface area contributed by atoms with Crippen LogP contribution in [0.1, 0.15) is 31.6 Å². The highest BCUT2D eigenvalue weighted by Crippen LogP contribution is 2.28. The van der Waals surface area contributed by atoms with E-state index in [0.29, 0.717) is 23.7 Å². The number of carbonyl (C=O) groups excluding carboxylic acids is 2. The first kappa shape index (κ1) is 21.0. The maximum atomic E-state index is 12.2. The van der Waals surface area contributed by atoms with E-state index in [1.807, 2.05) is 25.1 Å². The number of methoxy groups -OCH3 is 1. The monoisotopic (exact) mass is 388 g/mol. The standard InChI is InChI=1S/C20H24N2O6/c1-5-7-14-8-9-16(17(11-14)25-4)26-12-19(23)27-15(6-2)20(24)21-18-10-13(3)28-22-18/h5,7-11,15H,6,12H2,1-4H3,(H,21,22,24)/b7-5+. The van der Waals surface area contributed by atoms with Crippen molar-refractivity contribution in [1.82, 2.24) is 5.16 Å².